The van der Waals surface area contributed by atoms with Crippen LogP contribution < -0.4 is 0 Å². The van der Waals surface area contributed by atoms with Gasteiger partial charge in [-0.05, 0) is 82.6 Å². The predicted molar refractivity (Wildman–Crippen MR) is 261 cm³/mol. The Hall–Kier alpha value is -7.82. The number of nitrogens with zero attached hydrogens (tertiary/aromatic N) is 4. The third-order valence-electron chi connectivity index (χ3n) is 12.9. The summed E-state index contributed by atoms with van der Waals surface area (Å²) in [5, 5.41) is 7.39. The Balaban J connectivity index is 1.03. The van der Waals surface area contributed by atoms with Gasteiger partial charge in [-0.15, -0.1) is 0 Å². The van der Waals surface area contributed by atoms with Gasteiger partial charge in [0.05, 0.1) is 39.5 Å². The molecule has 1 aliphatic rings. The van der Waals surface area contributed by atoms with Crippen LogP contribution >= 0.6 is 0 Å². The normalized spacial score (nSPS) is 15.4. The van der Waals surface area contributed by atoms with Crippen molar-refractivity contribution in [2.45, 2.75) is 19.4 Å². The van der Waals surface area contributed by atoms with E-state index in [1.54, 1.807) is 0 Å². The highest BCUT2D eigenvalue weighted by Crippen LogP contribution is 2.44. The van der Waals surface area contributed by atoms with Crippen LogP contribution in [0.4, 0.5) is 0 Å². The van der Waals surface area contributed by atoms with Crippen molar-refractivity contribution >= 4 is 65.9 Å². The number of hydrogen-bond acceptors (Lipinski definition) is 2. The average Bonchev–Trinajstić information content (AvgIpc) is 3.87. The van der Waals surface area contributed by atoms with E-state index >= 15 is 0 Å². The summed E-state index contributed by atoms with van der Waals surface area (Å²) in [6.45, 7) is 2.27. The fourth-order valence-electron chi connectivity index (χ4n) is 10.1. The van der Waals surface area contributed by atoms with Crippen LogP contribution in [0, 0.1) is 5.92 Å². The van der Waals surface area contributed by atoms with Gasteiger partial charge in [0.25, 0.3) is 0 Å². The number of aromatic nitrogens is 2. The number of amidine groups is 1. The van der Waals surface area contributed by atoms with Crippen LogP contribution in [0.25, 0.3) is 76.9 Å². The summed E-state index contributed by atoms with van der Waals surface area (Å²) in [6, 6.07) is 76.7. The molecule has 294 valence electrons. The van der Waals surface area contributed by atoms with Crippen LogP contribution in [0.1, 0.15) is 36.1 Å². The van der Waals surface area contributed by atoms with E-state index in [1.165, 1.54) is 71.1 Å². The van der Waals surface area contributed by atoms with Gasteiger partial charge in [-0.25, -0.2) is 4.99 Å². The first-order valence-electron chi connectivity index (χ1n) is 21.6. The molecule has 62 heavy (non-hydrogen) atoms. The Bertz CT molecular complexity index is 3560. The topological polar surface area (TPSA) is 34.6 Å². The largest absolute Gasteiger partial charge is 0.309 e. The van der Waals surface area contributed by atoms with Gasteiger partial charge in [0.1, 0.15) is 0 Å². The van der Waals surface area contributed by atoms with Crippen molar-refractivity contribution in [3.05, 3.63) is 229 Å². The lowest BCUT2D eigenvalue weighted by Gasteiger charge is -2.30. The number of hydrogen-bond donors (Lipinski definition) is 0. The summed E-state index contributed by atoms with van der Waals surface area (Å²) in [6.07, 6.45) is 0.901. The molecule has 4 heteroatoms. The van der Waals surface area contributed by atoms with Crippen molar-refractivity contribution < 1.29 is 0 Å². The highest BCUT2D eigenvalue weighted by Gasteiger charge is 2.32. The summed E-state index contributed by atoms with van der Waals surface area (Å²) in [7, 11) is 0. The quantitative estimate of drug-likeness (QED) is 0.154. The Morgan fingerprint density at radius 2 is 1.08 bits per heavy atom. The van der Waals surface area contributed by atoms with Crippen LogP contribution in [-0.4, -0.2) is 20.7 Å². The van der Waals surface area contributed by atoms with Crippen molar-refractivity contribution in [1.29, 1.82) is 0 Å². The average molecular weight is 795 g/mol. The molecule has 0 fully saturated rings. The summed E-state index contributed by atoms with van der Waals surface area (Å²) in [5.74, 6) is 0.865. The first-order chi connectivity index (χ1) is 30.7. The minimum Gasteiger partial charge on any atom is -0.309 e. The first-order valence-corrected chi connectivity index (χ1v) is 21.6. The molecule has 1 aliphatic heterocycles. The van der Waals surface area contributed by atoms with Crippen LogP contribution in [0.3, 0.4) is 0 Å². The van der Waals surface area contributed by atoms with Gasteiger partial charge in [0.2, 0.25) is 0 Å². The lowest BCUT2D eigenvalue weighted by Crippen LogP contribution is -2.28. The van der Waals surface area contributed by atoms with E-state index in [0.29, 0.717) is 0 Å². The Labute approximate surface area is 360 Å². The van der Waals surface area contributed by atoms with Crippen molar-refractivity contribution in [3.63, 3.8) is 0 Å². The molecular formula is C58H42N4. The van der Waals surface area contributed by atoms with Crippen molar-refractivity contribution in [3.8, 4) is 22.5 Å². The maximum absolute atomic E-state index is 5.49. The molecule has 1 unspecified atom stereocenters. The van der Waals surface area contributed by atoms with Gasteiger partial charge in [-0.1, -0.05) is 171 Å². The van der Waals surface area contributed by atoms with Crippen LogP contribution in [0.15, 0.2) is 222 Å². The zero-order chi connectivity index (χ0) is 41.1. The molecule has 0 N–H and O–H groups in total. The molecule has 0 radical (unpaired) electrons. The van der Waals surface area contributed by atoms with Gasteiger partial charge in [-0.3, -0.25) is 4.99 Å². The molecule has 12 rings (SSSR count). The molecular weight excluding hydrogens is 753 g/mol. The lowest BCUT2D eigenvalue weighted by molar-refractivity contribution is 0.533. The maximum Gasteiger partial charge on any atom is 0.155 e. The molecule has 3 heterocycles. The van der Waals surface area contributed by atoms with Gasteiger partial charge in [0.15, 0.2) is 5.84 Å². The Kier molecular flexibility index (Phi) is 8.56. The van der Waals surface area contributed by atoms with E-state index in [1.807, 2.05) is 0 Å². The third kappa shape index (κ3) is 5.75. The van der Waals surface area contributed by atoms with Gasteiger partial charge >= 0.3 is 0 Å². The van der Waals surface area contributed by atoms with E-state index in [-0.39, 0.29) is 12.0 Å². The first kappa shape index (κ1) is 36.1. The summed E-state index contributed by atoms with van der Waals surface area (Å²) < 4.78 is 4.93. The number of benzene rings is 9. The van der Waals surface area contributed by atoms with E-state index in [2.05, 4.69) is 228 Å². The fourth-order valence-corrected chi connectivity index (χ4v) is 10.1. The van der Waals surface area contributed by atoms with Crippen molar-refractivity contribution in [2.75, 3.05) is 0 Å². The zero-order valence-electron chi connectivity index (χ0n) is 34.4. The van der Waals surface area contributed by atoms with Gasteiger partial charge < -0.3 is 9.13 Å². The van der Waals surface area contributed by atoms with Crippen LogP contribution in [-0.2, 0) is 0 Å². The molecule has 0 bridgehead atoms. The Morgan fingerprint density at radius 1 is 0.452 bits per heavy atom. The van der Waals surface area contributed by atoms with Crippen molar-refractivity contribution in [1.82, 2.24) is 9.13 Å². The number of fused-ring (bicyclic) bond motifs is 8. The summed E-state index contributed by atoms with van der Waals surface area (Å²) >= 11 is 0. The summed E-state index contributed by atoms with van der Waals surface area (Å²) in [4.78, 5) is 10.9. The minimum absolute atomic E-state index is 0.0882. The van der Waals surface area contributed by atoms with Crippen LogP contribution in [0.5, 0.6) is 0 Å². The smallest absolute Gasteiger partial charge is 0.155 e. The number of aliphatic imine (C=N–C) groups is 2. The maximum atomic E-state index is 5.49. The van der Waals surface area contributed by atoms with E-state index in [0.717, 1.165) is 40.5 Å². The zero-order valence-corrected chi connectivity index (χ0v) is 34.4. The highest BCUT2D eigenvalue weighted by atomic mass is 15.0. The molecule has 0 spiro atoms. The number of para-hydroxylation sites is 3. The predicted octanol–water partition coefficient (Wildman–Crippen LogP) is 14.7. The molecule has 0 saturated carbocycles. The molecule has 0 saturated heterocycles. The van der Waals surface area contributed by atoms with E-state index in [4.69, 9.17) is 9.98 Å². The molecule has 9 aromatic carbocycles. The second-order valence-electron chi connectivity index (χ2n) is 16.4. The second-order valence-corrected chi connectivity index (χ2v) is 16.4. The van der Waals surface area contributed by atoms with E-state index in [9.17, 15) is 0 Å². The molecule has 2 aromatic heterocycles. The van der Waals surface area contributed by atoms with Gasteiger partial charge in [0, 0.05) is 44.1 Å². The number of rotatable bonds is 7. The fraction of sp³-hybridized carbons (Fsp3) is 0.0690. The standard InChI is InChI=1S/C58H42N4/c1-2-45-55(42-24-16-22-40(36-42)38-18-6-3-7-19-38)59-58(39-20-8-4-9-21-39)60-56(45)43-32-33-46-41(37-43)23-17-31-50(46)62-52-30-15-13-28-49(52)54-53(62)35-34-48-47-27-12-14-29-51(47)61(57(48)54)44-25-10-5-11-26-44/h3-37,45,56H,2H2,1H3/t45-,56?/m1/s1. The molecule has 11 aromatic rings. The molecule has 2 atom stereocenters. The monoisotopic (exact) mass is 794 g/mol. The highest BCUT2D eigenvalue weighted by molar-refractivity contribution is 6.26. The third-order valence-corrected chi connectivity index (χ3v) is 12.9. The van der Waals surface area contributed by atoms with Crippen LogP contribution in [0.2, 0.25) is 0 Å². The molecule has 0 amide bonds. The Morgan fingerprint density at radius 3 is 1.85 bits per heavy atom. The minimum atomic E-state index is -0.113. The van der Waals surface area contributed by atoms with E-state index < -0.39 is 0 Å². The lowest BCUT2D eigenvalue weighted by atomic mass is 9.82. The molecule has 4 nitrogen and oxygen atoms in total. The van der Waals surface area contributed by atoms with Gasteiger partial charge in [-0.2, -0.15) is 0 Å². The summed E-state index contributed by atoms with van der Waals surface area (Å²) in [5.41, 5.74) is 14.0. The van der Waals surface area contributed by atoms with Crippen molar-refractivity contribution in [2.24, 2.45) is 15.9 Å². The SMILES string of the molecule is CC[C@@H]1C(c2cccc(-c3ccccc3)c2)=NC(c2ccccc2)=NC1c1ccc2c(-n3c4ccccc4c4c3ccc3c5ccccc5n(-c5ccccc5)c34)cccc2c1. The molecule has 0 aliphatic carbocycles. The second kappa shape index (κ2) is 14.7.